The zero-order valence-corrected chi connectivity index (χ0v) is 13.5. The lowest BCUT2D eigenvalue weighted by Crippen LogP contribution is -2.00. The number of rotatable bonds is 4. The number of halogens is 1. The highest BCUT2D eigenvalue weighted by molar-refractivity contribution is 6.30. The number of nitrogens with one attached hydrogen (secondary N) is 1. The van der Waals surface area contributed by atoms with Gasteiger partial charge in [0.15, 0.2) is 0 Å². The second-order valence-electron chi connectivity index (χ2n) is 5.72. The van der Waals surface area contributed by atoms with E-state index in [1.54, 1.807) is 0 Å². The Hall–Kier alpha value is -1.93. The summed E-state index contributed by atoms with van der Waals surface area (Å²) in [7, 11) is 0. The molecule has 1 heterocycles. The first-order valence-electron chi connectivity index (χ1n) is 7.63. The van der Waals surface area contributed by atoms with Crippen molar-refractivity contribution in [2.75, 3.05) is 11.9 Å². The van der Waals surface area contributed by atoms with Crippen LogP contribution in [0.1, 0.15) is 24.0 Å². The van der Waals surface area contributed by atoms with Gasteiger partial charge in [-0.25, -0.2) is 0 Å². The molecule has 0 aliphatic carbocycles. The minimum absolute atomic E-state index is 0.651. The average molecular weight is 314 g/mol. The predicted molar refractivity (Wildman–Crippen MR) is 92.8 cm³/mol. The minimum Gasteiger partial charge on any atom is -0.487 e. The van der Waals surface area contributed by atoms with E-state index >= 15 is 0 Å². The molecule has 0 saturated heterocycles. The molecule has 0 amide bonds. The van der Waals surface area contributed by atoms with E-state index in [0.29, 0.717) is 6.61 Å². The van der Waals surface area contributed by atoms with E-state index in [1.165, 1.54) is 16.7 Å². The van der Waals surface area contributed by atoms with Crippen molar-refractivity contribution in [3.05, 3.63) is 70.4 Å². The van der Waals surface area contributed by atoms with E-state index in [-0.39, 0.29) is 0 Å². The standard InChI is InChI=1S/C19H20ClNO/c1-14-8-9-19-18(10-14)21-12-16(13-22-19)6-2-4-15-5-3-7-17(20)11-15/h3,5,7-12,21H,2,4,6,13H2,1H3. The van der Waals surface area contributed by atoms with Gasteiger partial charge in [-0.05, 0) is 67.2 Å². The smallest absolute Gasteiger partial charge is 0.143 e. The molecule has 0 saturated carbocycles. The third kappa shape index (κ3) is 3.83. The van der Waals surface area contributed by atoms with E-state index in [4.69, 9.17) is 16.3 Å². The summed E-state index contributed by atoms with van der Waals surface area (Å²) in [5, 5.41) is 4.17. The van der Waals surface area contributed by atoms with Crippen LogP contribution in [0.2, 0.25) is 5.02 Å². The van der Waals surface area contributed by atoms with E-state index in [0.717, 1.165) is 35.7 Å². The Kier molecular flexibility index (Phi) is 4.69. The maximum atomic E-state index is 6.02. The number of benzene rings is 2. The first-order valence-corrected chi connectivity index (χ1v) is 8.01. The molecule has 1 N–H and O–H groups in total. The van der Waals surface area contributed by atoms with Crippen LogP contribution in [0.25, 0.3) is 0 Å². The fourth-order valence-corrected chi connectivity index (χ4v) is 2.84. The molecule has 0 bridgehead atoms. The van der Waals surface area contributed by atoms with Crippen molar-refractivity contribution in [1.29, 1.82) is 0 Å². The second kappa shape index (κ2) is 6.89. The molecule has 3 rings (SSSR count). The zero-order chi connectivity index (χ0) is 15.4. The van der Waals surface area contributed by atoms with Gasteiger partial charge in [0.05, 0.1) is 5.69 Å². The molecule has 0 radical (unpaired) electrons. The molecule has 1 aliphatic heterocycles. The van der Waals surface area contributed by atoms with Crippen molar-refractivity contribution < 1.29 is 4.74 Å². The lowest BCUT2D eigenvalue weighted by Gasteiger charge is -2.08. The summed E-state index contributed by atoms with van der Waals surface area (Å²) in [5.41, 5.74) is 4.85. The quantitative estimate of drug-likeness (QED) is 0.820. The SMILES string of the molecule is Cc1ccc2c(c1)NC=C(CCCc1cccc(Cl)c1)CO2. The van der Waals surface area contributed by atoms with Gasteiger partial charge in [0.1, 0.15) is 12.4 Å². The molecule has 0 aromatic heterocycles. The Morgan fingerprint density at radius 1 is 1.14 bits per heavy atom. The van der Waals surface area contributed by atoms with Crippen molar-refractivity contribution in [2.45, 2.75) is 26.2 Å². The van der Waals surface area contributed by atoms with Gasteiger partial charge in [-0.1, -0.05) is 29.8 Å². The normalized spacial score (nSPS) is 13.5. The lowest BCUT2D eigenvalue weighted by molar-refractivity contribution is 0.350. The van der Waals surface area contributed by atoms with Gasteiger partial charge < -0.3 is 10.1 Å². The highest BCUT2D eigenvalue weighted by atomic mass is 35.5. The van der Waals surface area contributed by atoms with Gasteiger partial charge in [-0.15, -0.1) is 0 Å². The van der Waals surface area contributed by atoms with E-state index < -0.39 is 0 Å². The molecule has 2 aromatic carbocycles. The number of anilines is 1. The van der Waals surface area contributed by atoms with Gasteiger partial charge in [-0.2, -0.15) is 0 Å². The molecule has 114 valence electrons. The topological polar surface area (TPSA) is 21.3 Å². The number of ether oxygens (including phenoxy) is 1. The summed E-state index contributed by atoms with van der Waals surface area (Å²) in [5.74, 6) is 0.923. The largest absolute Gasteiger partial charge is 0.487 e. The average Bonchev–Trinajstić information content (AvgIpc) is 2.70. The molecule has 0 unspecified atom stereocenters. The van der Waals surface area contributed by atoms with Crippen LogP contribution in [0.5, 0.6) is 5.75 Å². The summed E-state index contributed by atoms with van der Waals surface area (Å²) < 4.78 is 5.89. The first-order chi connectivity index (χ1) is 10.7. The number of aryl methyl sites for hydroxylation is 2. The Bertz CT molecular complexity index is 694. The van der Waals surface area contributed by atoms with Gasteiger partial charge in [0.2, 0.25) is 0 Å². The van der Waals surface area contributed by atoms with Crippen LogP contribution in [0.15, 0.2) is 54.2 Å². The summed E-state index contributed by atoms with van der Waals surface area (Å²) in [4.78, 5) is 0. The Morgan fingerprint density at radius 2 is 2.05 bits per heavy atom. The zero-order valence-electron chi connectivity index (χ0n) is 12.7. The highest BCUT2D eigenvalue weighted by Crippen LogP contribution is 2.29. The fourth-order valence-electron chi connectivity index (χ4n) is 2.63. The fraction of sp³-hybridized carbons (Fsp3) is 0.263. The Labute approximate surface area is 136 Å². The molecule has 22 heavy (non-hydrogen) atoms. The minimum atomic E-state index is 0.651. The summed E-state index contributed by atoms with van der Waals surface area (Å²) in [6, 6.07) is 14.3. The molecule has 0 spiro atoms. The Morgan fingerprint density at radius 3 is 2.91 bits per heavy atom. The van der Waals surface area contributed by atoms with E-state index in [9.17, 15) is 0 Å². The predicted octanol–water partition coefficient (Wildman–Crippen LogP) is 5.36. The van der Waals surface area contributed by atoms with Crippen LogP contribution in [-0.4, -0.2) is 6.61 Å². The molecule has 0 atom stereocenters. The van der Waals surface area contributed by atoms with Gasteiger partial charge in [-0.3, -0.25) is 0 Å². The van der Waals surface area contributed by atoms with Crippen LogP contribution in [-0.2, 0) is 6.42 Å². The summed E-state index contributed by atoms with van der Waals surface area (Å²) in [6.45, 7) is 2.74. The van der Waals surface area contributed by atoms with Gasteiger partial charge in [0, 0.05) is 11.2 Å². The molecule has 0 fully saturated rings. The number of hydrogen-bond acceptors (Lipinski definition) is 2. The summed E-state index contributed by atoms with van der Waals surface area (Å²) >= 11 is 6.02. The van der Waals surface area contributed by atoms with Crippen molar-refractivity contribution in [2.24, 2.45) is 0 Å². The monoisotopic (exact) mass is 313 g/mol. The Balaban J connectivity index is 1.56. The van der Waals surface area contributed by atoms with Crippen LogP contribution in [0.3, 0.4) is 0 Å². The van der Waals surface area contributed by atoms with E-state index in [1.807, 2.05) is 24.3 Å². The third-order valence-electron chi connectivity index (χ3n) is 3.83. The first kappa shape index (κ1) is 15.0. The van der Waals surface area contributed by atoms with Crippen LogP contribution in [0.4, 0.5) is 5.69 Å². The van der Waals surface area contributed by atoms with Crippen LogP contribution in [0, 0.1) is 6.92 Å². The molecule has 2 aromatic rings. The number of hydrogen-bond donors (Lipinski definition) is 1. The van der Waals surface area contributed by atoms with Crippen molar-refractivity contribution in [3.8, 4) is 5.75 Å². The third-order valence-corrected chi connectivity index (χ3v) is 4.07. The molecule has 2 nitrogen and oxygen atoms in total. The number of fused-ring (bicyclic) bond motifs is 1. The van der Waals surface area contributed by atoms with Gasteiger partial charge in [0.25, 0.3) is 0 Å². The van der Waals surface area contributed by atoms with Crippen molar-refractivity contribution in [1.82, 2.24) is 0 Å². The molecule has 3 heteroatoms. The maximum absolute atomic E-state index is 6.02. The van der Waals surface area contributed by atoms with Crippen molar-refractivity contribution in [3.63, 3.8) is 0 Å². The maximum Gasteiger partial charge on any atom is 0.143 e. The van der Waals surface area contributed by atoms with E-state index in [2.05, 4.69) is 36.6 Å². The highest BCUT2D eigenvalue weighted by Gasteiger charge is 2.09. The lowest BCUT2D eigenvalue weighted by atomic mass is 10.1. The van der Waals surface area contributed by atoms with Gasteiger partial charge >= 0.3 is 0 Å². The molecule has 1 aliphatic rings. The second-order valence-corrected chi connectivity index (χ2v) is 6.16. The molecular weight excluding hydrogens is 294 g/mol. The summed E-state index contributed by atoms with van der Waals surface area (Å²) in [6.07, 6.45) is 5.23. The van der Waals surface area contributed by atoms with Crippen LogP contribution >= 0.6 is 11.6 Å². The van der Waals surface area contributed by atoms with Crippen molar-refractivity contribution >= 4 is 17.3 Å². The molecular formula is C19H20ClNO. The van der Waals surface area contributed by atoms with Crippen LogP contribution < -0.4 is 10.1 Å².